The van der Waals surface area contributed by atoms with Crippen LogP contribution >= 0.6 is 0 Å². The van der Waals surface area contributed by atoms with Gasteiger partial charge in [0.05, 0.1) is 6.20 Å². The van der Waals surface area contributed by atoms with Gasteiger partial charge in [0.1, 0.15) is 11.6 Å². The second-order valence-electron chi connectivity index (χ2n) is 4.99. The first kappa shape index (κ1) is 8.75. The average Bonchev–Trinajstić information content (AvgIpc) is 2.88. The van der Waals surface area contributed by atoms with Gasteiger partial charge in [-0.05, 0) is 0 Å². The quantitative estimate of drug-likeness (QED) is 0.626. The van der Waals surface area contributed by atoms with Gasteiger partial charge in [0.2, 0.25) is 5.78 Å². The molecule has 1 atom stereocenters. The molecule has 5 nitrogen and oxygen atoms in total. The molecule has 2 bridgehead atoms. The van der Waals surface area contributed by atoms with Gasteiger partial charge in [-0.3, -0.25) is 14.4 Å². The summed E-state index contributed by atoms with van der Waals surface area (Å²) >= 11 is 0. The number of hydrogen-bond acceptors (Lipinski definition) is 4. The van der Waals surface area contributed by atoms with Crippen LogP contribution in [-0.2, 0) is 7.05 Å². The van der Waals surface area contributed by atoms with E-state index in [9.17, 15) is 4.79 Å². The number of piperidine rings is 1. The monoisotopic (exact) mass is 219 g/mol. The molecule has 0 aliphatic carbocycles. The van der Waals surface area contributed by atoms with Gasteiger partial charge in [0.15, 0.2) is 11.4 Å². The number of carbonyl (C=O) groups excluding carboxylic acids is 1. The van der Waals surface area contributed by atoms with E-state index >= 15 is 0 Å². The van der Waals surface area contributed by atoms with Crippen LogP contribution in [-0.4, -0.2) is 45.2 Å². The Labute approximate surface area is 93.0 Å². The topological polar surface area (TPSA) is 47.4 Å². The van der Waals surface area contributed by atoms with E-state index in [-0.39, 0.29) is 17.4 Å². The SMILES string of the molecule is Cn1cc2c(n1)C(=O)C1N3CCC1(CC3)O2. The van der Waals surface area contributed by atoms with E-state index in [1.165, 1.54) is 0 Å². The summed E-state index contributed by atoms with van der Waals surface area (Å²) in [4.78, 5) is 14.6. The summed E-state index contributed by atoms with van der Waals surface area (Å²) in [6.45, 7) is 1.96. The third-order valence-electron chi connectivity index (χ3n) is 4.10. The second kappa shape index (κ2) is 2.48. The molecule has 0 amide bonds. The predicted molar refractivity (Wildman–Crippen MR) is 55.5 cm³/mol. The Morgan fingerprint density at radius 3 is 3.00 bits per heavy atom. The van der Waals surface area contributed by atoms with Crippen LogP contribution in [0, 0.1) is 0 Å². The molecular weight excluding hydrogens is 206 g/mol. The van der Waals surface area contributed by atoms with Gasteiger partial charge in [-0.15, -0.1) is 0 Å². The highest BCUT2D eigenvalue weighted by Gasteiger charge is 2.61. The summed E-state index contributed by atoms with van der Waals surface area (Å²) in [5.41, 5.74) is 0.268. The Kier molecular flexibility index (Phi) is 1.36. The molecule has 2 fully saturated rings. The van der Waals surface area contributed by atoms with Gasteiger partial charge in [0.25, 0.3) is 0 Å². The number of hydrogen-bond donors (Lipinski definition) is 0. The van der Waals surface area contributed by atoms with E-state index in [1.807, 2.05) is 7.05 Å². The summed E-state index contributed by atoms with van der Waals surface area (Å²) in [6.07, 6.45) is 3.74. The first-order chi connectivity index (χ1) is 7.70. The fraction of sp³-hybridized carbons (Fsp3) is 0.636. The Hall–Kier alpha value is -1.36. The van der Waals surface area contributed by atoms with Crippen LogP contribution in [0.25, 0.3) is 0 Å². The minimum Gasteiger partial charge on any atom is -0.481 e. The summed E-state index contributed by atoms with van der Waals surface area (Å²) in [7, 11) is 1.82. The molecule has 3 aliphatic rings. The predicted octanol–water partition coefficient (Wildman–Crippen LogP) is 0.212. The Balaban J connectivity index is 1.90. The zero-order valence-electron chi connectivity index (χ0n) is 9.14. The smallest absolute Gasteiger partial charge is 0.208 e. The van der Waals surface area contributed by atoms with E-state index in [0.29, 0.717) is 11.4 Å². The molecular formula is C11H13N3O2. The van der Waals surface area contributed by atoms with Crippen molar-refractivity contribution in [2.75, 3.05) is 13.1 Å². The van der Waals surface area contributed by atoms with Crippen molar-refractivity contribution < 1.29 is 9.53 Å². The first-order valence-corrected chi connectivity index (χ1v) is 5.71. The van der Waals surface area contributed by atoms with Crippen LogP contribution in [0.15, 0.2) is 6.20 Å². The lowest BCUT2D eigenvalue weighted by Gasteiger charge is -2.33. The van der Waals surface area contributed by atoms with Crippen molar-refractivity contribution >= 4 is 5.78 Å². The van der Waals surface area contributed by atoms with Crippen molar-refractivity contribution in [3.05, 3.63) is 11.9 Å². The van der Waals surface area contributed by atoms with E-state index < -0.39 is 0 Å². The van der Waals surface area contributed by atoms with Crippen molar-refractivity contribution in [2.24, 2.45) is 7.05 Å². The number of aromatic nitrogens is 2. The lowest BCUT2D eigenvalue weighted by Crippen LogP contribution is -2.50. The van der Waals surface area contributed by atoms with Crippen LogP contribution in [0.4, 0.5) is 0 Å². The van der Waals surface area contributed by atoms with Gasteiger partial charge in [0, 0.05) is 33.0 Å². The zero-order chi connectivity index (χ0) is 10.9. The molecule has 4 rings (SSSR count). The highest BCUT2D eigenvalue weighted by Crippen LogP contribution is 2.47. The molecule has 3 aliphatic heterocycles. The summed E-state index contributed by atoms with van der Waals surface area (Å²) < 4.78 is 7.74. The molecule has 0 radical (unpaired) electrons. The number of carbonyl (C=O) groups is 1. The van der Waals surface area contributed by atoms with Crippen molar-refractivity contribution in [3.63, 3.8) is 0 Å². The largest absolute Gasteiger partial charge is 0.481 e. The minimum atomic E-state index is -0.243. The van der Waals surface area contributed by atoms with Crippen molar-refractivity contribution in [2.45, 2.75) is 24.5 Å². The van der Waals surface area contributed by atoms with Gasteiger partial charge >= 0.3 is 0 Å². The van der Waals surface area contributed by atoms with E-state index in [4.69, 9.17) is 4.74 Å². The van der Waals surface area contributed by atoms with Crippen LogP contribution < -0.4 is 4.74 Å². The van der Waals surface area contributed by atoms with Gasteiger partial charge in [-0.25, -0.2) is 0 Å². The molecule has 0 aromatic carbocycles. The van der Waals surface area contributed by atoms with Crippen molar-refractivity contribution in [1.82, 2.24) is 14.7 Å². The number of Topliss-reactive ketones (excluding diaryl/α,β-unsaturated/α-hetero) is 1. The van der Waals surface area contributed by atoms with E-state index in [2.05, 4.69) is 10.00 Å². The summed E-state index contributed by atoms with van der Waals surface area (Å²) in [5.74, 6) is 0.823. The molecule has 16 heavy (non-hydrogen) atoms. The normalized spacial score (nSPS) is 39.4. The van der Waals surface area contributed by atoms with Crippen LogP contribution in [0.1, 0.15) is 23.3 Å². The van der Waals surface area contributed by atoms with Crippen LogP contribution in [0.3, 0.4) is 0 Å². The zero-order valence-corrected chi connectivity index (χ0v) is 9.14. The number of nitrogens with zero attached hydrogens (tertiary/aromatic N) is 3. The maximum absolute atomic E-state index is 12.4. The number of aryl methyl sites for hydroxylation is 1. The molecule has 0 spiro atoms. The maximum atomic E-state index is 12.4. The average molecular weight is 219 g/mol. The molecule has 5 heteroatoms. The van der Waals surface area contributed by atoms with Crippen LogP contribution in [0.5, 0.6) is 5.75 Å². The summed E-state index contributed by atoms with van der Waals surface area (Å²) in [6, 6.07) is -0.0742. The van der Waals surface area contributed by atoms with Gasteiger partial charge < -0.3 is 4.74 Å². The number of ether oxygens (including phenoxy) is 1. The highest BCUT2D eigenvalue weighted by atomic mass is 16.5. The van der Waals surface area contributed by atoms with E-state index in [1.54, 1.807) is 10.9 Å². The third kappa shape index (κ3) is 0.822. The minimum absolute atomic E-state index is 0.0742. The molecule has 1 aromatic heterocycles. The molecule has 4 heterocycles. The highest BCUT2D eigenvalue weighted by molar-refractivity contribution is 6.03. The fourth-order valence-electron chi connectivity index (χ4n) is 3.39. The summed E-state index contributed by atoms with van der Waals surface area (Å²) in [5, 5.41) is 4.20. The first-order valence-electron chi connectivity index (χ1n) is 5.71. The number of rotatable bonds is 0. The van der Waals surface area contributed by atoms with Gasteiger partial charge in [-0.1, -0.05) is 0 Å². The fourth-order valence-corrected chi connectivity index (χ4v) is 3.39. The van der Waals surface area contributed by atoms with Crippen molar-refractivity contribution in [1.29, 1.82) is 0 Å². The number of ketones is 1. The number of fused-ring (bicyclic) bond motifs is 1. The van der Waals surface area contributed by atoms with Crippen LogP contribution in [0.2, 0.25) is 0 Å². The Morgan fingerprint density at radius 2 is 2.25 bits per heavy atom. The molecule has 1 aromatic rings. The second-order valence-corrected chi connectivity index (χ2v) is 4.99. The molecule has 1 unspecified atom stereocenters. The Bertz CT molecular complexity index is 485. The van der Waals surface area contributed by atoms with E-state index in [0.717, 1.165) is 25.9 Å². The third-order valence-corrected chi connectivity index (χ3v) is 4.10. The standard InChI is InChI=1S/C11H13N3O2/c1-13-6-7-8(12-13)9(15)10-11(16-7)2-4-14(10)5-3-11/h6,10H,2-5H2,1H3. The van der Waals surface area contributed by atoms with Gasteiger partial charge in [-0.2, -0.15) is 5.10 Å². The molecule has 0 N–H and O–H groups in total. The molecule has 2 saturated heterocycles. The lowest BCUT2D eigenvalue weighted by atomic mass is 9.87. The lowest BCUT2D eigenvalue weighted by molar-refractivity contribution is 0.0421. The van der Waals surface area contributed by atoms with Crippen molar-refractivity contribution in [3.8, 4) is 5.75 Å². The maximum Gasteiger partial charge on any atom is 0.208 e. The Morgan fingerprint density at radius 1 is 1.50 bits per heavy atom. The molecule has 0 saturated carbocycles. The molecule has 84 valence electrons.